The van der Waals surface area contributed by atoms with Crippen LogP contribution in [0.3, 0.4) is 0 Å². The fraction of sp³-hybridized carbons (Fsp3) is 0.756. The van der Waals surface area contributed by atoms with Crippen molar-refractivity contribution in [2.45, 2.75) is 354 Å². The maximum absolute atomic E-state index is 12.9. The third-order valence-corrected chi connectivity index (χ3v) is 17.8. The molecule has 9 nitrogen and oxygen atoms in total. The number of likely N-dealkylation sites (N-methyl/N-ethyl adjacent to an activating group) is 1. The Labute approximate surface area is 569 Å². The van der Waals surface area contributed by atoms with E-state index < -0.39 is 26.5 Å². The van der Waals surface area contributed by atoms with Crippen LogP contribution in [0.5, 0.6) is 0 Å². The maximum atomic E-state index is 12.9. The molecule has 0 spiro atoms. The van der Waals surface area contributed by atoms with Gasteiger partial charge in [0.05, 0.1) is 27.7 Å². The highest BCUT2D eigenvalue weighted by Crippen LogP contribution is 2.38. The Bertz CT molecular complexity index is 1920. The largest absolute Gasteiger partial charge is 0.756 e. The van der Waals surface area contributed by atoms with Gasteiger partial charge in [0.15, 0.2) is 6.10 Å². The fourth-order valence-electron chi connectivity index (χ4n) is 10.9. The van der Waals surface area contributed by atoms with E-state index in [1.54, 1.807) is 0 Å². The second-order valence-corrected chi connectivity index (χ2v) is 28.4. The molecule has 0 aliphatic carbocycles. The Morgan fingerprint density at radius 3 is 0.924 bits per heavy atom. The fourth-order valence-corrected chi connectivity index (χ4v) is 11.7. The molecule has 0 rings (SSSR count). The molecule has 0 aromatic heterocycles. The molecule has 0 aliphatic heterocycles. The molecular weight excluding hydrogens is 1160 g/mol. The maximum Gasteiger partial charge on any atom is 0.306 e. The van der Waals surface area contributed by atoms with Crippen LogP contribution in [0.4, 0.5) is 0 Å². The molecule has 92 heavy (non-hydrogen) atoms. The van der Waals surface area contributed by atoms with Gasteiger partial charge in [-0.3, -0.25) is 14.2 Å². The normalized spacial score (nSPS) is 13.7. The highest BCUT2D eigenvalue weighted by atomic mass is 31.2. The van der Waals surface area contributed by atoms with Crippen molar-refractivity contribution in [3.8, 4) is 0 Å². The van der Waals surface area contributed by atoms with E-state index in [1.165, 1.54) is 218 Å². The molecule has 0 aliphatic rings. The number of rotatable bonds is 71. The summed E-state index contributed by atoms with van der Waals surface area (Å²) < 4.78 is 34.3. The molecule has 0 radical (unpaired) electrons. The average Bonchev–Trinajstić information content (AvgIpc) is 2.14. The van der Waals surface area contributed by atoms with Gasteiger partial charge < -0.3 is 27.9 Å². The highest BCUT2D eigenvalue weighted by Gasteiger charge is 2.22. The van der Waals surface area contributed by atoms with Gasteiger partial charge in [-0.1, -0.05) is 361 Å². The lowest BCUT2D eigenvalue weighted by molar-refractivity contribution is -0.870. The predicted molar refractivity (Wildman–Crippen MR) is 397 cm³/mol. The van der Waals surface area contributed by atoms with Gasteiger partial charge in [0.2, 0.25) is 0 Å². The van der Waals surface area contributed by atoms with Crippen molar-refractivity contribution in [3.63, 3.8) is 0 Å². The summed E-state index contributed by atoms with van der Waals surface area (Å²) in [5.74, 6) is -0.866. The third-order valence-electron chi connectivity index (χ3n) is 16.8. The van der Waals surface area contributed by atoms with E-state index in [-0.39, 0.29) is 32.0 Å². The smallest absolute Gasteiger partial charge is 0.306 e. The number of quaternary nitrogens is 1. The number of phosphoric ester groups is 1. The number of ether oxygens (including phenoxy) is 2. The van der Waals surface area contributed by atoms with E-state index in [9.17, 15) is 19.0 Å². The quantitative estimate of drug-likeness (QED) is 0.0195. The number of allylic oxidation sites excluding steroid dienone is 18. The number of unbranched alkanes of at least 4 members (excludes halogenated alkanes) is 39. The number of carbonyl (C=O) groups excluding carboxylic acids is 2. The zero-order valence-electron chi connectivity index (χ0n) is 60.7. The summed E-state index contributed by atoms with van der Waals surface area (Å²) in [4.78, 5) is 38.1. The molecule has 0 amide bonds. The highest BCUT2D eigenvalue weighted by molar-refractivity contribution is 7.45. The first-order chi connectivity index (χ1) is 45.0. The van der Waals surface area contributed by atoms with Gasteiger partial charge in [-0.15, -0.1) is 0 Å². The lowest BCUT2D eigenvalue weighted by Crippen LogP contribution is -2.37. The van der Waals surface area contributed by atoms with Crippen molar-refractivity contribution < 1.29 is 42.1 Å². The van der Waals surface area contributed by atoms with Crippen LogP contribution in [-0.2, 0) is 32.7 Å². The molecule has 0 N–H and O–H groups in total. The van der Waals surface area contributed by atoms with Crippen molar-refractivity contribution in [3.05, 3.63) is 109 Å². The van der Waals surface area contributed by atoms with Crippen LogP contribution < -0.4 is 4.89 Å². The molecule has 0 aromatic rings. The summed E-state index contributed by atoms with van der Waals surface area (Å²) >= 11 is 0. The van der Waals surface area contributed by atoms with Crippen molar-refractivity contribution in [2.24, 2.45) is 0 Å². The lowest BCUT2D eigenvalue weighted by atomic mass is 10.0. The Morgan fingerprint density at radius 2 is 0.620 bits per heavy atom. The zero-order valence-corrected chi connectivity index (χ0v) is 61.6. The first-order valence-electron chi connectivity index (χ1n) is 38.6. The van der Waals surface area contributed by atoms with Gasteiger partial charge in [-0.2, -0.15) is 0 Å². The van der Waals surface area contributed by atoms with Crippen LogP contribution >= 0.6 is 7.82 Å². The van der Waals surface area contributed by atoms with Gasteiger partial charge in [0.25, 0.3) is 7.82 Å². The second kappa shape index (κ2) is 72.0. The van der Waals surface area contributed by atoms with Crippen LogP contribution in [0, 0.1) is 0 Å². The number of phosphoric acid groups is 1. The summed E-state index contributed by atoms with van der Waals surface area (Å²) in [6.07, 6.45) is 102. The van der Waals surface area contributed by atoms with Crippen LogP contribution in [-0.4, -0.2) is 70.0 Å². The predicted octanol–water partition coefficient (Wildman–Crippen LogP) is 25.0. The molecule has 0 saturated carbocycles. The summed E-state index contributed by atoms with van der Waals surface area (Å²) in [6, 6.07) is 0. The Kier molecular flexibility index (Phi) is 69.3. The molecule has 0 saturated heterocycles. The summed E-state index contributed by atoms with van der Waals surface area (Å²) in [5.41, 5.74) is 0. The monoisotopic (exact) mass is 1300 g/mol. The van der Waals surface area contributed by atoms with Gasteiger partial charge >= 0.3 is 11.9 Å². The zero-order chi connectivity index (χ0) is 66.9. The Morgan fingerprint density at radius 1 is 0.348 bits per heavy atom. The van der Waals surface area contributed by atoms with E-state index >= 15 is 0 Å². The van der Waals surface area contributed by atoms with Crippen molar-refractivity contribution in [1.82, 2.24) is 0 Å². The molecule has 2 unspecified atom stereocenters. The minimum Gasteiger partial charge on any atom is -0.756 e. The second-order valence-electron chi connectivity index (χ2n) is 27.0. The summed E-state index contributed by atoms with van der Waals surface area (Å²) in [7, 11) is 1.14. The van der Waals surface area contributed by atoms with E-state index in [0.717, 1.165) is 96.3 Å². The first-order valence-corrected chi connectivity index (χ1v) is 40.1. The molecule has 2 atom stereocenters. The van der Waals surface area contributed by atoms with Crippen LogP contribution in [0.25, 0.3) is 0 Å². The SMILES string of the molecule is CC/C=C\C/C=C\C/C=C\C/C=C\C/C=C\C/C=C\C/C=C\C/C=C\C/C=C\CCCCCC(=O)OC(COC(=O)CCCCCCCCCCCCCCCCCCCCCCCCCCCCCCCCCCCCCCC)COP(=O)([O-])OCC[N+](C)(C)C. The lowest BCUT2D eigenvalue weighted by Gasteiger charge is -2.28. The van der Waals surface area contributed by atoms with Gasteiger partial charge in [0, 0.05) is 12.8 Å². The van der Waals surface area contributed by atoms with Crippen LogP contribution in [0.2, 0.25) is 0 Å². The minimum atomic E-state index is -4.66. The number of esters is 2. The number of hydrogen-bond acceptors (Lipinski definition) is 8. The molecule has 532 valence electrons. The molecule has 0 aromatic carbocycles. The van der Waals surface area contributed by atoms with E-state index in [1.807, 2.05) is 21.1 Å². The Hall–Kier alpha value is -3.33. The van der Waals surface area contributed by atoms with Crippen molar-refractivity contribution in [1.29, 1.82) is 0 Å². The topological polar surface area (TPSA) is 111 Å². The third kappa shape index (κ3) is 75.7. The molecular formula is C82H146NO8P. The van der Waals surface area contributed by atoms with Crippen LogP contribution in [0.1, 0.15) is 348 Å². The number of carbonyl (C=O) groups is 2. The molecule has 0 heterocycles. The summed E-state index contributed by atoms with van der Waals surface area (Å²) in [5, 5.41) is 0. The Balaban J connectivity index is 4.03. The molecule has 0 bridgehead atoms. The minimum absolute atomic E-state index is 0.0418. The molecule has 10 heteroatoms. The molecule has 0 fully saturated rings. The van der Waals surface area contributed by atoms with E-state index in [4.69, 9.17) is 18.5 Å². The first kappa shape index (κ1) is 88.7. The van der Waals surface area contributed by atoms with Crippen LogP contribution in [0.15, 0.2) is 109 Å². The van der Waals surface area contributed by atoms with E-state index in [0.29, 0.717) is 17.4 Å². The average molecular weight is 1310 g/mol. The summed E-state index contributed by atoms with van der Waals surface area (Å²) in [6.45, 7) is 4.12. The van der Waals surface area contributed by atoms with Crippen molar-refractivity contribution in [2.75, 3.05) is 47.5 Å². The van der Waals surface area contributed by atoms with Crippen molar-refractivity contribution >= 4 is 19.8 Å². The number of nitrogens with zero attached hydrogens (tertiary/aromatic N) is 1. The number of hydrogen-bond donors (Lipinski definition) is 0. The van der Waals surface area contributed by atoms with Gasteiger partial charge in [-0.05, 0) is 83.5 Å². The van der Waals surface area contributed by atoms with E-state index in [2.05, 4.69) is 123 Å². The van der Waals surface area contributed by atoms with Gasteiger partial charge in [-0.25, -0.2) is 0 Å². The van der Waals surface area contributed by atoms with Gasteiger partial charge in [0.1, 0.15) is 19.8 Å². The standard InChI is InChI=1S/C82H146NO8P/c1-6-8-10-12-14-16-18-20-22-24-26-28-30-32-34-36-38-39-40-41-42-43-45-46-48-50-52-54-56-58-60-62-64-66-68-70-72-74-81(84)88-78-80(79-90-92(86,87)89-77-76-83(3,4)5)91-82(85)75-73-71-69-67-65-63-61-59-57-55-53-51-49-47-44-37-35-33-31-29-27-25-23-21-19-17-15-13-11-9-7-2/h9,11,15,17,21,23,27,29,33,35,44,47,51,53,57,59,63,65,80H,6-8,10,12-14,16,18-20,22,24-26,28,30-32,34,36-43,45-46,48-50,52,54-56,58,60-62,64,66-79H2,1-5H3/b11-9-,17-15-,23-21-,29-27-,35-33-,47-44-,53-51-,59-57-,65-63-.